The number of carbonyl (C=O) groups is 1. The summed E-state index contributed by atoms with van der Waals surface area (Å²) in [6.07, 6.45) is 0.352. The normalized spacial score (nSPS) is 25.9. The van der Waals surface area contributed by atoms with Crippen molar-refractivity contribution in [2.45, 2.75) is 44.1 Å². The number of aliphatic hydroxyl groups is 2. The van der Waals surface area contributed by atoms with E-state index in [2.05, 4.69) is 15.6 Å². The van der Waals surface area contributed by atoms with Gasteiger partial charge in [0, 0.05) is 0 Å². The molecule has 0 radical (unpaired) electrons. The van der Waals surface area contributed by atoms with Gasteiger partial charge in [-0.1, -0.05) is 17.3 Å². The minimum Gasteiger partial charge on any atom is -0.390 e. The van der Waals surface area contributed by atoms with E-state index in [4.69, 9.17) is 0 Å². The maximum absolute atomic E-state index is 12.1. The molecule has 1 aliphatic rings. The smallest absolute Gasteiger partial charge is 0.242 e. The second-order valence-electron chi connectivity index (χ2n) is 5.40. The average Bonchev–Trinajstić information content (AvgIpc) is 2.87. The number of benzene rings is 1. The lowest BCUT2D eigenvalue weighted by Gasteiger charge is -2.32. The summed E-state index contributed by atoms with van der Waals surface area (Å²) in [4.78, 5) is 12.1. The van der Waals surface area contributed by atoms with Crippen molar-refractivity contribution in [3.8, 4) is 0 Å². The largest absolute Gasteiger partial charge is 0.390 e. The third-order valence-electron chi connectivity index (χ3n) is 3.88. The zero-order valence-corrected chi connectivity index (χ0v) is 11.5. The minimum absolute atomic E-state index is 0.0415. The van der Waals surface area contributed by atoms with Gasteiger partial charge in [-0.2, -0.15) is 0 Å². The fraction of sp³-hybridized carbons (Fsp3) is 0.500. The summed E-state index contributed by atoms with van der Waals surface area (Å²) in [5.41, 5.74) is 1.52. The van der Waals surface area contributed by atoms with Gasteiger partial charge in [0.25, 0.3) is 0 Å². The van der Waals surface area contributed by atoms with Crippen molar-refractivity contribution in [2.24, 2.45) is 0 Å². The standard InChI is InChI=1S/C14H18N4O3/c19-12-7-3-5-10(14(12)21)15-13(20)8-18-11-6-2-1-4-9(11)16-17-18/h1-2,4,6,10,12,14,19,21H,3,5,7-8H2,(H,15,20)/t10-,12-,14-/m1/s1. The van der Waals surface area contributed by atoms with E-state index in [9.17, 15) is 15.0 Å². The van der Waals surface area contributed by atoms with Crippen LogP contribution in [0, 0.1) is 0 Å². The third-order valence-corrected chi connectivity index (χ3v) is 3.88. The van der Waals surface area contributed by atoms with Crippen LogP contribution in [0.4, 0.5) is 0 Å². The average molecular weight is 290 g/mol. The molecule has 1 saturated carbocycles. The van der Waals surface area contributed by atoms with Crippen LogP contribution in [0.25, 0.3) is 11.0 Å². The van der Waals surface area contributed by atoms with E-state index in [-0.39, 0.29) is 12.5 Å². The second-order valence-corrected chi connectivity index (χ2v) is 5.40. The van der Waals surface area contributed by atoms with Gasteiger partial charge in [-0.05, 0) is 31.4 Å². The van der Waals surface area contributed by atoms with Crippen LogP contribution in [0.5, 0.6) is 0 Å². The highest BCUT2D eigenvalue weighted by Gasteiger charge is 2.31. The lowest BCUT2D eigenvalue weighted by molar-refractivity contribution is -0.125. The van der Waals surface area contributed by atoms with E-state index >= 15 is 0 Å². The van der Waals surface area contributed by atoms with Crippen LogP contribution in [0.2, 0.25) is 0 Å². The van der Waals surface area contributed by atoms with Crippen LogP contribution in [0.1, 0.15) is 19.3 Å². The van der Waals surface area contributed by atoms with Gasteiger partial charge in [0.15, 0.2) is 0 Å². The van der Waals surface area contributed by atoms with E-state index in [1.807, 2.05) is 24.3 Å². The Morgan fingerprint density at radius 3 is 3.00 bits per heavy atom. The van der Waals surface area contributed by atoms with Crippen molar-refractivity contribution >= 4 is 16.9 Å². The molecule has 1 aromatic heterocycles. The highest BCUT2D eigenvalue weighted by atomic mass is 16.3. The summed E-state index contributed by atoms with van der Waals surface area (Å²) in [5.74, 6) is -0.246. The zero-order valence-electron chi connectivity index (χ0n) is 11.5. The number of carbonyl (C=O) groups excluding carboxylic acids is 1. The van der Waals surface area contributed by atoms with Gasteiger partial charge < -0.3 is 15.5 Å². The molecular weight excluding hydrogens is 272 g/mol. The van der Waals surface area contributed by atoms with Crippen molar-refractivity contribution in [2.75, 3.05) is 0 Å². The van der Waals surface area contributed by atoms with Crippen molar-refractivity contribution in [3.05, 3.63) is 24.3 Å². The molecule has 3 rings (SSSR count). The number of nitrogens with one attached hydrogen (secondary N) is 1. The van der Waals surface area contributed by atoms with Crippen molar-refractivity contribution in [3.63, 3.8) is 0 Å². The first kappa shape index (κ1) is 14.0. The number of nitrogens with zero attached hydrogens (tertiary/aromatic N) is 3. The molecule has 1 amide bonds. The first-order valence-electron chi connectivity index (χ1n) is 7.09. The summed E-state index contributed by atoms with van der Waals surface area (Å²) in [7, 11) is 0. The maximum Gasteiger partial charge on any atom is 0.242 e. The Hall–Kier alpha value is -1.99. The molecule has 0 bridgehead atoms. The third kappa shape index (κ3) is 2.88. The molecule has 3 atom stereocenters. The highest BCUT2D eigenvalue weighted by molar-refractivity contribution is 5.79. The fourth-order valence-corrected chi connectivity index (χ4v) is 2.74. The monoisotopic (exact) mass is 290 g/mol. The van der Waals surface area contributed by atoms with Gasteiger partial charge in [-0.25, -0.2) is 4.68 Å². The first-order valence-corrected chi connectivity index (χ1v) is 7.09. The van der Waals surface area contributed by atoms with Crippen LogP contribution in [0.15, 0.2) is 24.3 Å². The van der Waals surface area contributed by atoms with Crippen LogP contribution >= 0.6 is 0 Å². The van der Waals surface area contributed by atoms with Gasteiger partial charge >= 0.3 is 0 Å². The number of fused-ring (bicyclic) bond motifs is 1. The number of amides is 1. The number of hydrogen-bond donors (Lipinski definition) is 3. The summed E-state index contributed by atoms with van der Waals surface area (Å²) in [6.45, 7) is 0.0415. The number of hydrogen-bond acceptors (Lipinski definition) is 5. The molecule has 21 heavy (non-hydrogen) atoms. The summed E-state index contributed by atoms with van der Waals surface area (Å²) < 4.78 is 1.52. The van der Waals surface area contributed by atoms with Gasteiger partial charge in [0.2, 0.25) is 5.91 Å². The van der Waals surface area contributed by atoms with Crippen molar-refractivity contribution in [1.29, 1.82) is 0 Å². The Morgan fingerprint density at radius 2 is 2.14 bits per heavy atom. The predicted octanol–water partition coefficient (Wildman–Crippen LogP) is -0.178. The number of rotatable bonds is 3. The highest BCUT2D eigenvalue weighted by Crippen LogP contribution is 2.19. The van der Waals surface area contributed by atoms with E-state index in [1.165, 1.54) is 4.68 Å². The molecule has 112 valence electrons. The number of aliphatic hydroxyl groups excluding tert-OH is 2. The molecule has 3 N–H and O–H groups in total. The molecule has 0 unspecified atom stereocenters. The molecule has 0 spiro atoms. The van der Waals surface area contributed by atoms with Gasteiger partial charge in [-0.15, -0.1) is 5.10 Å². The predicted molar refractivity (Wildman–Crippen MR) is 75.3 cm³/mol. The SMILES string of the molecule is O=C(Cn1nnc2ccccc21)N[C@@H]1CCC[C@@H](O)[C@@H]1O. The molecule has 7 nitrogen and oxygen atoms in total. The quantitative estimate of drug-likeness (QED) is 0.728. The van der Waals surface area contributed by atoms with Gasteiger partial charge in [0.05, 0.1) is 23.8 Å². The van der Waals surface area contributed by atoms with Crippen LogP contribution in [0.3, 0.4) is 0 Å². The minimum atomic E-state index is -0.907. The summed E-state index contributed by atoms with van der Waals surface area (Å²) in [5, 5.41) is 30.2. The lowest BCUT2D eigenvalue weighted by Crippen LogP contribution is -2.51. The Bertz CT molecular complexity index is 642. The van der Waals surface area contributed by atoms with Gasteiger partial charge in [-0.3, -0.25) is 4.79 Å². The Kier molecular flexibility index (Phi) is 3.85. The van der Waals surface area contributed by atoms with Gasteiger partial charge in [0.1, 0.15) is 12.1 Å². The molecule has 0 aliphatic heterocycles. The summed E-state index contributed by atoms with van der Waals surface area (Å²) >= 11 is 0. The topological polar surface area (TPSA) is 100 Å². The Labute approximate surface area is 121 Å². The van der Waals surface area contributed by atoms with Crippen molar-refractivity contribution < 1.29 is 15.0 Å². The summed E-state index contributed by atoms with van der Waals surface area (Å²) in [6, 6.07) is 7.00. The Morgan fingerprint density at radius 1 is 1.33 bits per heavy atom. The van der Waals surface area contributed by atoms with Crippen LogP contribution in [-0.4, -0.2) is 49.4 Å². The Balaban J connectivity index is 1.66. The maximum atomic E-state index is 12.1. The van der Waals surface area contributed by atoms with E-state index in [0.717, 1.165) is 17.5 Å². The first-order chi connectivity index (χ1) is 10.1. The number of aromatic nitrogens is 3. The van der Waals surface area contributed by atoms with E-state index in [1.54, 1.807) is 0 Å². The molecule has 1 aliphatic carbocycles. The zero-order chi connectivity index (χ0) is 14.8. The van der Waals surface area contributed by atoms with Crippen LogP contribution in [-0.2, 0) is 11.3 Å². The molecule has 2 aromatic rings. The lowest BCUT2D eigenvalue weighted by atomic mass is 9.90. The fourth-order valence-electron chi connectivity index (χ4n) is 2.74. The molecule has 1 heterocycles. The molecule has 1 aromatic carbocycles. The molecule has 0 saturated heterocycles. The second kappa shape index (κ2) is 5.79. The number of para-hydroxylation sites is 1. The van der Waals surface area contributed by atoms with E-state index in [0.29, 0.717) is 12.8 Å². The molecule has 1 fully saturated rings. The molecule has 7 heteroatoms. The van der Waals surface area contributed by atoms with E-state index < -0.39 is 18.2 Å². The van der Waals surface area contributed by atoms with Crippen LogP contribution < -0.4 is 5.32 Å². The molecular formula is C14H18N4O3. The van der Waals surface area contributed by atoms with Crippen molar-refractivity contribution in [1.82, 2.24) is 20.3 Å².